The third-order valence-electron chi connectivity index (χ3n) is 1.37. The molecule has 0 heterocycles. The molecule has 0 unspecified atom stereocenters. The quantitative estimate of drug-likeness (QED) is 0.644. The Balaban J connectivity index is 2.86. The topological polar surface area (TPSA) is 26.0 Å². The molecule has 0 aliphatic carbocycles. The predicted molar refractivity (Wildman–Crippen MR) is 51.8 cm³/mol. The van der Waals surface area contributed by atoms with Gasteiger partial charge in [-0.05, 0) is 11.6 Å². The van der Waals surface area contributed by atoms with Gasteiger partial charge in [0.05, 0.1) is 0 Å². The van der Waals surface area contributed by atoms with Crippen molar-refractivity contribution >= 4 is 18.7 Å². The second-order valence-corrected chi connectivity index (χ2v) is 2.68. The van der Waals surface area contributed by atoms with Crippen LogP contribution in [-0.2, 0) is 0 Å². The van der Waals surface area contributed by atoms with Gasteiger partial charge in [-0.1, -0.05) is 30.4 Å². The fraction of sp³-hybridized carbons (Fsp3) is 0.111. The van der Waals surface area contributed by atoms with Gasteiger partial charge >= 0.3 is 0 Å². The summed E-state index contributed by atoms with van der Waals surface area (Å²) >= 11 is 4.28. The molecule has 1 aromatic rings. The predicted octanol–water partition coefficient (Wildman–Crippen LogP) is 1.95. The number of nitrogens with two attached hydrogens (primary N) is 1. The molecule has 0 aliphatic rings. The van der Waals surface area contributed by atoms with E-state index in [2.05, 4.69) is 12.6 Å². The van der Waals surface area contributed by atoms with Gasteiger partial charge in [0.1, 0.15) is 0 Å². The molecule has 58 valence electrons. The van der Waals surface area contributed by atoms with Crippen molar-refractivity contribution in [2.75, 3.05) is 6.54 Å². The smallest absolute Gasteiger partial charge is 0.0112 e. The van der Waals surface area contributed by atoms with Crippen molar-refractivity contribution in [3.8, 4) is 0 Å². The standard InChI is InChI=1S/C9H11NS/c10-7-3-5-8-4-1-2-6-9(8)11/h1-6,11H,7,10H2. The van der Waals surface area contributed by atoms with E-state index >= 15 is 0 Å². The van der Waals surface area contributed by atoms with E-state index in [1.165, 1.54) is 0 Å². The molecule has 0 aromatic heterocycles. The highest BCUT2D eigenvalue weighted by molar-refractivity contribution is 7.80. The van der Waals surface area contributed by atoms with Crippen molar-refractivity contribution in [1.82, 2.24) is 0 Å². The molecule has 1 rings (SSSR count). The second-order valence-electron chi connectivity index (χ2n) is 2.20. The summed E-state index contributed by atoms with van der Waals surface area (Å²) in [4.78, 5) is 0.984. The van der Waals surface area contributed by atoms with Gasteiger partial charge in [-0.25, -0.2) is 0 Å². The Morgan fingerprint density at radius 3 is 2.73 bits per heavy atom. The minimum atomic E-state index is 0.572. The van der Waals surface area contributed by atoms with E-state index in [0.717, 1.165) is 10.5 Å². The summed E-state index contributed by atoms with van der Waals surface area (Å²) in [7, 11) is 0. The molecule has 0 bridgehead atoms. The molecule has 0 atom stereocenters. The fourth-order valence-corrected chi connectivity index (χ4v) is 1.06. The molecule has 0 saturated heterocycles. The van der Waals surface area contributed by atoms with Crippen LogP contribution in [0.5, 0.6) is 0 Å². The molecular formula is C9H11NS. The van der Waals surface area contributed by atoms with Gasteiger partial charge < -0.3 is 5.73 Å². The van der Waals surface area contributed by atoms with Crippen molar-refractivity contribution < 1.29 is 0 Å². The largest absolute Gasteiger partial charge is 0.327 e. The van der Waals surface area contributed by atoms with Crippen molar-refractivity contribution in [1.29, 1.82) is 0 Å². The summed E-state index contributed by atoms with van der Waals surface area (Å²) in [6.45, 7) is 0.572. The minimum absolute atomic E-state index is 0.572. The van der Waals surface area contributed by atoms with E-state index in [1.54, 1.807) is 0 Å². The number of rotatable bonds is 2. The van der Waals surface area contributed by atoms with Crippen molar-refractivity contribution in [3.05, 3.63) is 35.9 Å². The minimum Gasteiger partial charge on any atom is -0.327 e. The zero-order valence-corrected chi connectivity index (χ0v) is 7.09. The third kappa shape index (κ3) is 2.41. The summed E-state index contributed by atoms with van der Waals surface area (Å²) in [5, 5.41) is 0. The molecular weight excluding hydrogens is 154 g/mol. The molecule has 0 fully saturated rings. The summed E-state index contributed by atoms with van der Waals surface area (Å²) in [6.07, 6.45) is 3.89. The Morgan fingerprint density at radius 2 is 2.09 bits per heavy atom. The molecule has 1 nitrogen and oxygen atoms in total. The summed E-state index contributed by atoms with van der Waals surface area (Å²) in [6, 6.07) is 7.91. The van der Waals surface area contributed by atoms with E-state index < -0.39 is 0 Å². The second kappa shape index (κ2) is 4.21. The first-order valence-electron chi connectivity index (χ1n) is 3.49. The molecule has 0 amide bonds. The van der Waals surface area contributed by atoms with Crippen LogP contribution in [0.15, 0.2) is 35.2 Å². The van der Waals surface area contributed by atoms with Gasteiger partial charge in [-0.3, -0.25) is 0 Å². The SMILES string of the molecule is NCC=Cc1ccccc1S. The van der Waals surface area contributed by atoms with Gasteiger partial charge in [0.15, 0.2) is 0 Å². The van der Waals surface area contributed by atoms with E-state index in [-0.39, 0.29) is 0 Å². The summed E-state index contributed by atoms with van der Waals surface area (Å²) in [5.74, 6) is 0. The normalized spacial score (nSPS) is 10.7. The maximum Gasteiger partial charge on any atom is 0.0112 e. The molecule has 1 aromatic carbocycles. The average molecular weight is 165 g/mol. The van der Waals surface area contributed by atoms with Gasteiger partial charge in [0.2, 0.25) is 0 Å². The number of hydrogen-bond donors (Lipinski definition) is 2. The van der Waals surface area contributed by atoms with E-state index in [4.69, 9.17) is 5.73 Å². The van der Waals surface area contributed by atoms with Crippen LogP contribution in [0, 0.1) is 0 Å². The molecule has 0 radical (unpaired) electrons. The monoisotopic (exact) mass is 165 g/mol. The highest BCUT2D eigenvalue weighted by atomic mass is 32.1. The van der Waals surface area contributed by atoms with Crippen LogP contribution in [0.1, 0.15) is 5.56 Å². The first-order valence-corrected chi connectivity index (χ1v) is 3.94. The van der Waals surface area contributed by atoms with Crippen molar-refractivity contribution in [2.24, 2.45) is 5.73 Å². The van der Waals surface area contributed by atoms with Crippen LogP contribution in [0.2, 0.25) is 0 Å². The number of thiol groups is 1. The lowest BCUT2D eigenvalue weighted by atomic mass is 10.2. The molecule has 0 aliphatic heterocycles. The third-order valence-corrected chi connectivity index (χ3v) is 1.78. The van der Waals surface area contributed by atoms with Crippen LogP contribution in [0.4, 0.5) is 0 Å². The number of hydrogen-bond acceptors (Lipinski definition) is 2. The van der Waals surface area contributed by atoms with E-state index in [0.29, 0.717) is 6.54 Å². The highest BCUT2D eigenvalue weighted by Gasteiger charge is 1.89. The fourth-order valence-electron chi connectivity index (χ4n) is 0.823. The van der Waals surface area contributed by atoms with Crippen LogP contribution >= 0.6 is 12.6 Å². The summed E-state index contributed by atoms with van der Waals surface area (Å²) < 4.78 is 0. The lowest BCUT2D eigenvalue weighted by Gasteiger charge is -1.95. The van der Waals surface area contributed by atoms with Gasteiger partial charge in [0, 0.05) is 11.4 Å². The Hall–Kier alpha value is -0.730. The molecule has 2 heteroatoms. The molecule has 2 N–H and O–H groups in total. The van der Waals surface area contributed by atoms with E-state index in [1.807, 2.05) is 36.4 Å². The summed E-state index contributed by atoms with van der Waals surface area (Å²) in [5.41, 5.74) is 6.43. The first kappa shape index (κ1) is 8.37. The van der Waals surface area contributed by atoms with Gasteiger partial charge in [-0.15, -0.1) is 12.6 Å². The maximum atomic E-state index is 5.31. The average Bonchev–Trinajstić information content (AvgIpc) is 2.03. The van der Waals surface area contributed by atoms with Gasteiger partial charge in [0.25, 0.3) is 0 Å². The van der Waals surface area contributed by atoms with Crippen LogP contribution < -0.4 is 5.73 Å². The Labute approximate surface area is 72.3 Å². The van der Waals surface area contributed by atoms with Crippen LogP contribution in [-0.4, -0.2) is 6.54 Å². The Kier molecular flexibility index (Phi) is 3.20. The Bertz CT molecular complexity index is 255. The number of benzene rings is 1. The van der Waals surface area contributed by atoms with Crippen LogP contribution in [0.3, 0.4) is 0 Å². The lowest BCUT2D eigenvalue weighted by molar-refractivity contribution is 1.26. The molecule has 0 saturated carbocycles. The van der Waals surface area contributed by atoms with Gasteiger partial charge in [-0.2, -0.15) is 0 Å². The van der Waals surface area contributed by atoms with Crippen molar-refractivity contribution in [3.63, 3.8) is 0 Å². The molecule has 0 spiro atoms. The first-order chi connectivity index (χ1) is 5.34. The Morgan fingerprint density at radius 1 is 1.36 bits per heavy atom. The zero-order valence-electron chi connectivity index (χ0n) is 6.20. The molecule has 11 heavy (non-hydrogen) atoms. The maximum absolute atomic E-state index is 5.31. The van der Waals surface area contributed by atoms with Crippen molar-refractivity contribution in [2.45, 2.75) is 4.90 Å². The lowest BCUT2D eigenvalue weighted by Crippen LogP contribution is -1.91. The van der Waals surface area contributed by atoms with E-state index in [9.17, 15) is 0 Å². The highest BCUT2D eigenvalue weighted by Crippen LogP contribution is 2.13. The zero-order chi connectivity index (χ0) is 8.10. The van der Waals surface area contributed by atoms with Crippen LogP contribution in [0.25, 0.3) is 6.08 Å².